The van der Waals surface area contributed by atoms with Gasteiger partial charge in [-0.1, -0.05) is 0 Å². The Bertz CT molecular complexity index is 498. The van der Waals surface area contributed by atoms with Crippen molar-refractivity contribution >= 4 is 17.3 Å². The molecule has 1 saturated heterocycles. The molecule has 1 unspecified atom stereocenters. The van der Waals surface area contributed by atoms with Crippen molar-refractivity contribution in [1.82, 2.24) is 15.6 Å². The zero-order chi connectivity index (χ0) is 16.0. The summed E-state index contributed by atoms with van der Waals surface area (Å²) in [7, 11) is 1.62. The van der Waals surface area contributed by atoms with E-state index in [1.54, 1.807) is 7.05 Å². The topological polar surface area (TPSA) is 58.5 Å². The van der Waals surface area contributed by atoms with E-state index in [9.17, 15) is 13.2 Å². The molecule has 2 heterocycles. The highest BCUT2D eigenvalue weighted by Crippen LogP contribution is 2.29. The quantitative estimate of drug-likeness (QED) is 0.640. The maximum Gasteiger partial charge on any atom is 0.434 e. The molecule has 1 fully saturated rings. The number of nitrogens with zero attached hydrogens (tertiary/aromatic N) is 2. The number of halogens is 3. The lowest BCUT2D eigenvalue weighted by Crippen LogP contribution is -2.38. The van der Waals surface area contributed by atoms with E-state index in [0.29, 0.717) is 23.6 Å². The molecular weight excluding hydrogens is 317 g/mol. The monoisotopic (exact) mass is 336 g/mol. The minimum absolute atomic E-state index is 0.209. The fourth-order valence-electron chi connectivity index (χ4n) is 2.13. The maximum absolute atomic E-state index is 12.5. The van der Waals surface area contributed by atoms with Gasteiger partial charge >= 0.3 is 6.18 Å². The first kappa shape index (κ1) is 17.0. The number of aliphatic imine (C=N–C) groups is 1. The van der Waals surface area contributed by atoms with Crippen LogP contribution in [0.15, 0.2) is 10.4 Å². The number of rotatable bonds is 5. The number of guanidine groups is 1. The third-order valence-electron chi connectivity index (χ3n) is 3.26. The van der Waals surface area contributed by atoms with Crippen molar-refractivity contribution in [1.29, 1.82) is 0 Å². The van der Waals surface area contributed by atoms with E-state index < -0.39 is 11.9 Å². The lowest BCUT2D eigenvalue weighted by Gasteiger charge is -2.13. The number of hydrogen-bond acceptors (Lipinski definition) is 4. The predicted molar refractivity (Wildman–Crippen MR) is 78.9 cm³/mol. The van der Waals surface area contributed by atoms with Crippen LogP contribution in [0.3, 0.4) is 0 Å². The molecule has 1 atom stereocenters. The van der Waals surface area contributed by atoms with E-state index >= 15 is 0 Å². The molecule has 2 N–H and O–H groups in total. The average Bonchev–Trinajstić information content (AvgIpc) is 3.13. The molecule has 1 aromatic rings. The van der Waals surface area contributed by atoms with Crippen LogP contribution >= 0.6 is 11.3 Å². The van der Waals surface area contributed by atoms with Gasteiger partial charge in [-0.15, -0.1) is 11.3 Å². The lowest BCUT2D eigenvalue weighted by molar-refractivity contribution is -0.140. The lowest BCUT2D eigenvalue weighted by atomic mass is 10.2. The molecule has 124 valence electrons. The molecule has 22 heavy (non-hydrogen) atoms. The summed E-state index contributed by atoms with van der Waals surface area (Å²) in [5.74, 6) is 0.543. The van der Waals surface area contributed by atoms with Gasteiger partial charge in [-0.2, -0.15) is 13.2 Å². The second-order valence-electron chi connectivity index (χ2n) is 4.90. The summed E-state index contributed by atoms with van der Waals surface area (Å²) in [6.07, 6.45) is -1.04. The number of aromatic nitrogens is 1. The first-order valence-electron chi connectivity index (χ1n) is 7.07. The predicted octanol–water partition coefficient (Wildman–Crippen LogP) is 2.40. The van der Waals surface area contributed by atoms with E-state index in [-0.39, 0.29) is 6.54 Å². The number of alkyl halides is 3. The third-order valence-corrected chi connectivity index (χ3v) is 4.10. The van der Waals surface area contributed by atoms with Gasteiger partial charge in [0.15, 0.2) is 11.7 Å². The van der Waals surface area contributed by atoms with Gasteiger partial charge in [-0.25, -0.2) is 4.98 Å². The van der Waals surface area contributed by atoms with Crippen molar-refractivity contribution in [2.45, 2.75) is 38.1 Å². The Morgan fingerprint density at radius 1 is 1.50 bits per heavy atom. The van der Waals surface area contributed by atoms with Crippen LogP contribution in [0.4, 0.5) is 13.2 Å². The van der Waals surface area contributed by atoms with E-state index in [4.69, 9.17) is 4.74 Å². The Hall–Kier alpha value is -1.35. The second kappa shape index (κ2) is 7.77. The van der Waals surface area contributed by atoms with Crippen LogP contribution in [0.25, 0.3) is 0 Å². The van der Waals surface area contributed by atoms with Crippen molar-refractivity contribution < 1.29 is 17.9 Å². The van der Waals surface area contributed by atoms with Gasteiger partial charge in [-0.05, 0) is 19.3 Å². The van der Waals surface area contributed by atoms with Crippen molar-refractivity contribution in [3.8, 4) is 0 Å². The standard InChI is InChI=1S/C13H19F3N4OS/c1-17-12(18-5-4-9-3-2-6-21-9)19-7-11-20-10(8-22-11)13(14,15)16/h8-9H,2-7H2,1H3,(H2,17,18,19). The van der Waals surface area contributed by atoms with Crippen LogP contribution in [0, 0.1) is 0 Å². The SMILES string of the molecule is CN=C(NCCC1CCCO1)NCc1nc(C(F)(F)F)cs1. The molecule has 0 aromatic carbocycles. The zero-order valence-corrected chi connectivity index (χ0v) is 13.1. The van der Waals surface area contributed by atoms with E-state index in [0.717, 1.165) is 42.6 Å². The van der Waals surface area contributed by atoms with Gasteiger partial charge in [-0.3, -0.25) is 4.99 Å². The van der Waals surface area contributed by atoms with Crippen LogP contribution in [0.2, 0.25) is 0 Å². The minimum Gasteiger partial charge on any atom is -0.378 e. The maximum atomic E-state index is 12.5. The summed E-state index contributed by atoms with van der Waals surface area (Å²) >= 11 is 0.977. The Labute approximate surface area is 131 Å². The van der Waals surface area contributed by atoms with Gasteiger partial charge in [0.05, 0.1) is 12.6 Å². The average molecular weight is 336 g/mol. The number of hydrogen-bond donors (Lipinski definition) is 2. The molecule has 1 aliphatic heterocycles. The van der Waals surface area contributed by atoms with E-state index in [2.05, 4.69) is 20.6 Å². The van der Waals surface area contributed by atoms with Crippen molar-refractivity contribution in [2.75, 3.05) is 20.2 Å². The highest BCUT2D eigenvalue weighted by Gasteiger charge is 2.33. The first-order chi connectivity index (χ1) is 10.5. The molecule has 0 spiro atoms. The molecule has 9 heteroatoms. The summed E-state index contributed by atoms with van der Waals surface area (Å²) in [6.45, 7) is 1.74. The van der Waals surface area contributed by atoms with Gasteiger partial charge in [0, 0.05) is 25.6 Å². The number of thiazole rings is 1. The summed E-state index contributed by atoms with van der Waals surface area (Å²) in [5, 5.41) is 7.46. The van der Waals surface area contributed by atoms with E-state index in [1.165, 1.54) is 0 Å². The van der Waals surface area contributed by atoms with Crippen LogP contribution in [-0.2, 0) is 17.5 Å². The highest BCUT2D eigenvalue weighted by atomic mass is 32.1. The summed E-state index contributed by atoms with van der Waals surface area (Å²) < 4.78 is 42.9. The summed E-state index contributed by atoms with van der Waals surface area (Å²) in [4.78, 5) is 7.59. The third kappa shape index (κ3) is 5.13. The fourth-order valence-corrected chi connectivity index (χ4v) is 2.87. The Morgan fingerprint density at radius 3 is 2.91 bits per heavy atom. The highest BCUT2D eigenvalue weighted by molar-refractivity contribution is 7.09. The number of nitrogens with one attached hydrogen (secondary N) is 2. The molecular formula is C13H19F3N4OS. The van der Waals surface area contributed by atoms with Gasteiger partial charge < -0.3 is 15.4 Å². The molecule has 1 aromatic heterocycles. The molecule has 2 rings (SSSR count). The largest absolute Gasteiger partial charge is 0.434 e. The normalized spacial score (nSPS) is 19.5. The van der Waals surface area contributed by atoms with Gasteiger partial charge in [0.2, 0.25) is 0 Å². The van der Waals surface area contributed by atoms with Crippen molar-refractivity contribution in [3.05, 3.63) is 16.1 Å². The molecule has 0 aliphatic carbocycles. The first-order valence-corrected chi connectivity index (χ1v) is 7.94. The Balaban J connectivity index is 1.72. The molecule has 0 radical (unpaired) electrons. The van der Waals surface area contributed by atoms with Crippen LogP contribution in [0.1, 0.15) is 30.0 Å². The Kier molecular flexibility index (Phi) is 6.01. The molecule has 0 bridgehead atoms. The molecule has 0 amide bonds. The van der Waals surface area contributed by atoms with Crippen molar-refractivity contribution in [3.63, 3.8) is 0 Å². The summed E-state index contributed by atoms with van der Waals surface area (Å²) in [6, 6.07) is 0. The molecule has 5 nitrogen and oxygen atoms in total. The minimum atomic E-state index is -4.39. The van der Waals surface area contributed by atoms with Crippen molar-refractivity contribution in [2.24, 2.45) is 4.99 Å². The van der Waals surface area contributed by atoms with Crippen LogP contribution in [-0.4, -0.2) is 37.2 Å². The van der Waals surface area contributed by atoms with E-state index in [1.807, 2.05) is 0 Å². The Morgan fingerprint density at radius 2 is 2.32 bits per heavy atom. The molecule has 0 saturated carbocycles. The smallest absolute Gasteiger partial charge is 0.378 e. The van der Waals surface area contributed by atoms with Gasteiger partial charge in [0.25, 0.3) is 0 Å². The van der Waals surface area contributed by atoms with Crippen LogP contribution < -0.4 is 10.6 Å². The van der Waals surface area contributed by atoms with Crippen LogP contribution in [0.5, 0.6) is 0 Å². The zero-order valence-electron chi connectivity index (χ0n) is 12.2. The fraction of sp³-hybridized carbons (Fsp3) is 0.692. The second-order valence-corrected chi connectivity index (χ2v) is 5.84. The van der Waals surface area contributed by atoms with Gasteiger partial charge in [0.1, 0.15) is 5.01 Å². The molecule has 1 aliphatic rings. The summed E-state index contributed by atoms with van der Waals surface area (Å²) in [5.41, 5.74) is -0.851. The number of ether oxygens (including phenoxy) is 1.